The molecule has 2 fully saturated rings. The molecule has 0 N–H and O–H groups in total. The molecule has 0 spiro atoms. The zero-order chi connectivity index (χ0) is 15.5. The molecule has 0 aromatic carbocycles. The van der Waals surface area contributed by atoms with Crippen molar-refractivity contribution < 1.29 is 14.3 Å². The molecular formula is C16H21ClN2O3. The van der Waals surface area contributed by atoms with Crippen molar-refractivity contribution in [2.75, 3.05) is 19.8 Å². The number of ether oxygens (including phenoxy) is 2. The number of rotatable bonds is 3. The average Bonchev–Trinajstić information content (AvgIpc) is 3.02. The molecular weight excluding hydrogens is 304 g/mol. The lowest BCUT2D eigenvalue weighted by Crippen LogP contribution is -2.42. The van der Waals surface area contributed by atoms with Crippen LogP contribution in [-0.2, 0) is 4.74 Å². The fraction of sp³-hybridized carbons (Fsp3) is 0.625. The van der Waals surface area contributed by atoms with Crippen LogP contribution in [0.5, 0.6) is 5.88 Å². The number of likely N-dealkylation sites (tertiary alicyclic amines) is 1. The summed E-state index contributed by atoms with van der Waals surface area (Å²) < 4.78 is 11.0. The summed E-state index contributed by atoms with van der Waals surface area (Å²) in [5.74, 6) is 0.373. The van der Waals surface area contributed by atoms with Crippen molar-refractivity contribution in [1.82, 2.24) is 9.88 Å². The van der Waals surface area contributed by atoms with Crippen molar-refractivity contribution in [2.45, 2.75) is 44.8 Å². The van der Waals surface area contributed by atoms with E-state index in [9.17, 15) is 4.79 Å². The second kappa shape index (κ2) is 6.84. The molecule has 2 unspecified atom stereocenters. The maximum Gasteiger partial charge on any atom is 0.255 e. The number of carbonyl (C=O) groups excluding carboxylic acids is 1. The molecule has 0 radical (unpaired) electrons. The lowest BCUT2D eigenvalue weighted by Gasteiger charge is -2.33. The van der Waals surface area contributed by atoms with E-state index in [2.05, 4.69) is 11.9 Å². The van der Waals surface area contributed by atoms with Gasteiger partial charge in [-0.3, -0.25) is 4.79 Å². The van der Waals surface area contributed by atoms with Gasteiger partial charge in [0.15, 0.2) is 0 Å². The minimum absolute atomic E-state index is 0.00245. The van der Waals surface area contributed by atoms with E-state index in [1.165, 1.54) is 6.42 Å². The molecule has 0 bridgehead atoms. The van der Waals surface area contributed by atoms with Gasteiger partial charge in [0.05, 0.1) is 18.8 Å². The van der Waals surface area contributed by atoms with Crippen molar-refractivity contribution >= 4 is 17.5 Å². The van der Waals surface area contributed by atoms with Crippen molar-refractivity contribution in [1.29, 1.82) is 0 Å². The Kier molecular flexibility index (Phi) is 4.84. The Morgan fingerprint density at radius 1 is 1.45 bits per heavy atom. The maximum absolute atomic E-state index is 12.6. The number of halogens is 1. The third-order valence-electron chi connectivity index (χ3n) is 4.28. The first-order valence-electron chi connectivity index (χ1n) is 7.86. The average molecular weight is 325 g/mol. The molecule has 3 rings (SSSR count). The second-order valence-corrected chi connectivity index (χ2v) is 6.36. The highest BCUT2D eigenvalue weighted by molar-refractivity contribution is 6.32. The van der Waals surface area contributed by atoms with E-state index in [0.29, 0.717) is 29.7 Å². The third kappa shape index (κ3) is 3.36. The first kappa shape index (κ1) is 15.6. The van der Waals surface area contributed by atoms with E-state index in [4.69, 9.17) is 21.1 Å². The van der Waals surface area contributed by atoms with Crippen LogP contribution in [0.4, 0.5) is 0 Å². The fourth-order valence-electron chi connectivity index (χ4n) is 2.96. The minimum atomic E-state index is -0.00586. The summed E-state index contributed by atoms with van der Waals surface area (Å²) in [5, 5.41) is 0.377. The van der Waals surface area contributed by atoms with Crippen LogP contribution in [0, 0.1) is 0 Å². The van der Waals surface area contributed by atoms with Gasteiger partial charge in [-0.05, 0) is 32.3 Å². The highest BCUT2D eigenvalue weighted by atomic mass is 35.5. The summed E-state index contributed by atoms with van der Waals surface area (Å²) in [7, 11) is 0. The second-order valence-electron chi connectivity index (χ2n) is 5.96. The normalized spacial score (nSPS) is 25.3. The summed E-state index contributed by atoms with van der Waals surface area (Å²) in [5.41, 5.74) is 0.522. The zero-order valence-electron chi connectivity index (χ0n) is 12.8. The molecule has 2 saturated heterocycles. The number of nitrogens with zero attached hydrogens (tertiary/aromatic N) is 2. The van der Waals surface area contributed by atoms with E-state index in [1.807, 2.05) is 4.90 Å². The topological polar surface area (TPSA) is 51.7 Å². The van der Waals surface area contributed by atoms with E-state index >= 15 is 0 Å². The van der Waals surface area contributed by atoms with Crippen LogP contribution < -0.4 is 4.74 Å². The van der Waals surface area contributed by atoms with Crippen molar-refractivity contribution in [3.8, 4) is 5.88 Å². The van der Waals surface area contributed by atoms with Crippen molar-refractivity contribution in [3.05, 3.63) is 22.8 Å². The Morgan fingerprint density at radius 2 is 2.32 bits per heavy atom. The highest BCUT2D eigenvalue weighted by Gasteiger charge is 2.25. The molecule has 2 atom stereocenters. The van der Waals surface area contributed by atoms with Crippen LogP contribution >= 0.6 is 11.6 Å². The van der Waals surface area contributed by atoms with E-state index < -0.39 is 0 Å². The Bertz CT molecular complexity index is 546. The summed E-state index contributed by atoms with van der Waals surface area (Å²) in [6.07, 6.45) is 5.68. The molecule has 22 heavy (non-hydrogen) atoms. The molecule has 0 saturated carbocycles. The van der Waals surface area contributed by atoms with Crippen LogP contribution in [0.25, 0.3) is 0 Å². The lowest BCUT2D eigenvalue weighted by atomic mass is 10.0. The number of amides is 1. The predicted molar refractivity (Wildman–Crippen MR) is 83.4 cm³/mol. The summed E-state index contributed by atoms with van der Waals surface area (Å²) in [4.78, 5) is 18.7. The van der Waals surface area contributed by atoms with Crippen LogP contribution in [0.15, 0.2) is 12.3 Å². The molecule has 120 valence electrons. The number of pyridine rings is 1. The fourth-order valence-corrected chi connectivity index (χ4v) is 3.17. The highest BCUT2D eigenvalue weighted by Crippen LogP contribution is 2.27. The van der Waals surface area contributed by atoms with E-state index in [-0.39, 0.29) is 18.1 Å². The molecule has 1 aromatic rings. The molecule has 1 aromatic heterocycles. The van der Waals surface area contributed by atoms with Gasteiger partial charge in [-0.25, -0.2) is 4.98 Å². The number of carbonyl (C=O) groups is 1. The standard InChI is InChI=1S/C16H21ClN2O3/c1-11-4-2-3-6-19(11)16(20)12-8-14(17)15(18-9-12)22-13-5-7-21-10-13/h8-9,11,13H,2-7,10H2,1H3. The Balaban J connectivity index is 1.71. The smallest absolute Gasteiger partial charge is 0.255 e. The summed E-state index contributed by atoms with van der Waals surface area (Å²) in [6, 6.07) is 1.93. The SMILES string of the molecule is CC1CCCCN1C(=O)c1cnc(OC2CCOC2)c(Cl)c1. The molecule has 2 aliphatic heterocycles. The van der Waals surface area contributed by atoms with Gasteiger partial charge < -0.3 is 14.4 Å². The quantitative estimate of drug-likeness (QED) is 0.858. The van der Waals surface area contributed by atoms with Gasteiger partial charge in [0.25, 0.3) is 5.91 Å². The Hall–Kier alpha value is -1.33. The van der Waals surface area contributed by atoms with Crippen LogP contribution in [0.2, 0.25) is 5.02 Å². The summed E-state index contributed by atoms with van der Waals surface area (Å²) >= 11 is 6.23. The number of hydrogen-bond donors (Lipinski definition) is 0. The minimum Gasteiger partial charge on any atom is -0.471 e. The van der Waals surface area contributed by atoms with Gasteiger partial charge in [-0.1, -0.05) is 11.6 Å². The molecule has 1 amide bonds. The van der Waals surface area contributed by atoms with Gasteiger partial charge in [0.1, 0.15) is 11.1 Å². The number of aromatic nitrogens is 1. The number of hydrogen-bond acceptors (Lipinski definition) is 4. The molecule has 5 nitrogen and oxygen atoms in total. The lowest BCUT2D eigenvalue weighted by molar-refractivity contribution is 0.0635. The largest absolute Gasteiger partial charge is 0.471 e. The predicted octanol–water partition coefficient (Wildman–Crippen LogP) is 2.92. The van der Waals surface area contributed by atoms with Crippen LogP contribution in [0.3, 0.4) is 0 Å². The summed E-state index contributed by atoms with van der Waals surface area (Å²) in [6.45, 7) is 4.15. The Morgan fingerprint density at radius 3 is 3.00 bits per heavy atom. The van der Waals surface area contributed by atoms with E-state index in [1.54, 1.807) is 12.3 Å². The third-order valence-corrected chi connectivity index (χ3v) is 4.56. The van der Waals surface area contributed by atoms with Crippen molar-refractivity contribution in [2.24, 2.45) is 0 Å². The first-order chi connectivity index (χ1) is 10.6. The van der Waals surface area contributed by atoms with Crippen LogP contribution in [-0.4, -0.2) is 47.7 Å². The monoisotopic (exact) mass is 324 g/mol. The molecule has 6 heteroatoms. The molecule has 0 aliphatic carbocycles. The van der Waals surface area contributed by atoms with Gasteiger partial charge in [-0.2, -0.15) is 0 Å². The van der Waals surface area contributed by atoms with Crippen molar-refractivity contribution in [3.63, 3.8) is 0 Å². The molecule has 2 aliphatic rings. The van der Waals surface area contributed by atoms with Crippen LogP contribution in [0.1, 0.15) is 43.0 Å². The van der Waals surface area contributed by atoms with Gasteiger partial charge in [-0.15, -0.1) is 0 Å². The number of piperidine rings is 1. The molecule has 3 heterocycles. The van der Waals surface area contributed by atoms with E-state index in [0.717, 1.165) is 25.8 Å². The maximum atomic E-state index is 12.6. The zero-order valence-corrected chi connectivity index (χ0v) is 13.5. The van der Waals surface area contributed by atoms with Gasteiger partial charge in [0.2, 0.25) is 5.88 Å². The van der Waals surface area contributed by atoms with Gasteiger partial charge >= 0.3 is 0 Å². The Labute approximate surface area is 135 Å². The first-order valence-corrected chi connectivity index (χ1v) is 8.24. The van der Waals surface area contributed by atoms with Gasteiger partial charge in [0, 0.05) is 25.2 Å².